The standard InChI is InChI=1S/C9H14N2O/c1-2-9(11-8(10)12)6-4-3-5-7-9/h1H,3-7H2,(H3,10,11,12). The van der Waals surface area contributed by atoms with Gasteiger partial charge in [0.05, 0.1) is 0 Å². The molecule has 2 amide bonds. The number of primary amides is 1. The predicted molar refractivity (Wildman–Crippen MR) is 47.4 cm³/mol. The van der Waals surface area contributed by atoms with E-state index in [4.69, 9.17) is 12.2 Å². The topological polar surface area (TPSA) is 55.1 Å². The Morgan fingerprint density at radius 3 is 2.42 bits per heavy atom. The lowest BCUT2D eigenvalue weighted by Gasteiger charge is -2.32. The van der Waals surface area contributed by atoms with Gasteiger partial charge in [-0.3, -0.25) is 0 Å². The van der Waals surface area contributed by atoms with E-state index in [1.807, 2.05) is 0 Å². The van der Waals surface area contributed by atoms with Crippen LogP contribution >= 0.6 is 0 Å². The molecule has 0 aromatic carbocycles. The molecule has 12 heavy (non-hydrogen) atoms. The zero-order valence-electron chi connectivity index (χ0n) is 7.10. The number of rotatable bonds is 1. The van der Waals surface area contributed by atoms with Crippen molar-refractivity contribution in [2.45, 2.75) is 37.6 Å². The number of hydrogen-bond acceptors (Lipinski definition) is 1. The van der Waals surface area contributed by atoms with E-state index in [9.17, 15) is 4.79 Å². The predicted octanol–water partition coefficient (Wildman–Crippen LogP) is 0.991. The summed E-state index contributed by atoms with van der Waals surface area (Å²) < 4.78 is 0. The first kappa shape index (κ1) is 8.92. The molecule has 0 aromatic heterocycles. The molecule has 0 spiro atoms. The summed E-state index contributed by atoms with van der Waals surface area (Å²) in [5.74, 6) is 2.64. The summed E-state index contributed by atoms with van der Waals surface area (Å²) in [5, 5.41) is 2.65. The molecule has 3 N–H and O–H groups in total. The van der Waals surface area contributed by atoms with Gasteiger partial charge in [-0.15, -0.1) is 6.42 Å². The Labute approximate surface area is 72.7 Å². The summed E-state index contributed by atoms with van der Waals surface area (Å²) in [6.07, 6.45) is 10.4. The van der Waals surface area contributed by atoms with Crippen molar-refractivity contribution in [3.63, 3.8) is 0 Å². The highest BCUT2D eigenvalue weighted by Gasteiger charge is 2.30. The van der Waals surface area contributed by atoms with E-state index in [2.05, 4.69) is 11.2 Å². The van der Waals surface area contributed by atoms with Crippen molar-refractivity contribution in [1.29, 1.82) is 0 Å². The third kappa shape index (κ3) is 1.91. The van der Waals surface area contributed by atoms with Crippen LogP contribution in [-0.4, -0.2) is 11.6 Å². The van der Waals surface area contributed by atoms with Gasteiger partial charge in [0, 0.05) is 0 Å². The molecular formula is C9H14N2O. The van der Waals surface area contributed by atoms with E-state index in [-0.39, 0.29) is 0 Å². The van der Waals surface area contributed by atoms with Crippen molar-refractivity contribution in [2.24, 2.45) is 5.73 Å². The molecule has 0 unspecified atom stereocenters. The van der Waals surface area contributed by atoms with Crippen molar-refractivity contribution < 1.29 is 4.79 Å². The molecule has 1 aliphatic rings. The van der Waals surface area contributed by atoms with Gasteiger partial charge in [-0.05, 0) is 12.8 Å². The fourth-order valence-corrected chi connectivity index (χ4v) is 1.70. The van der Waals surface area contributed by atoms with Gasteiger partial charge in [0.25, 0.3) is 0 Å². The first-order chi connectivity index (χ1) is 5.68. The van der Waals surface area contributed by atoms with Gasteiger partial charge in [-0.1, -0.05) is 25.2 Å². The van der Waals surface area contributed by atoms with Crippen molar-refractivity contribution in [3.05, 3.63) is 0 Å². The van der Waals surface area contributed by atoms with E-state index in [1.165, 1.54) is 6.42 Å². The average Bonchev–Trinajstić information content (AvgIpc) is 2.05. The largest absolute Gasteiger partial charge is 0.352 e. The van der Waals surface area contributed by atoms with Gasteiger partial charge in [0.1, 0.15) is 5.54 Å². The molecule has 0 aliphatic heterocycles. The fourth-order valence-electron chi connectivity index (χ4n) is 1.70. The highest BCUT2D eigenvalue weighted by atomic mass is 16.2. The number of hydrogen-bond donors (Lipinski definition) is 2. The van der Waals surface area contributed by atoms with E-state index in [0.29, 0.717) is 0 Å². The Morgan fingerprint density at radius 2 is 2.00 bits per heavy atom. The van der Waals surface area contributed by atoms with Crippen LogP contribution in [0.3, 0.4) is 0 Å². The van der Waals surface area contributed by atoms with Crippen LogP contribution in [0.1, 0.15) is 32.1 Å². The first-order valence-corrected chi connectivity index (χ1v) is 4.24. The summed E-state index contributed by atoms with van der Waals surface area (Å²) in [6, 6.07) is -0.519. The van der Waals surface area contributed by atoms with Gasteiger partial charge in [0.15, 0.2) is 0 Å². The molecule has 1 rings (SSSR count). The summed E-state index contributed by atoms with van der Waals surface area (Å²) in [5.41, 5.74) is 4.58. The Morgan fingerprint density at radius 1 is 1.42 bits per heavy atom. The van der Waals surface area contributed by atoms with Crippen LogP contribution in [-0.2, 0) is 0 Å². The van der Waals surface area contributed by atoms with Crippen LogP contribution in [0, 0.1) is 12.3 Å². The maximum Gasteiger partial charge on any atom is 0.313 e. The zero-order chi connectivity index (χ0) is 9.03. The second-order valence-corrected chi connectivity index (χ2v) is 3.28. The summed E-state index contributed by atoms with van der Waals surface area (Å²) >= 11 is 0. The molecule has 0 radical (unpaired) electrons. The molecule has 66 valence electrons. The van der Waals surface area contributed by atoms with E-state index in [0.717, 1.165) is 25.7 Å². The third-order valence-corrected chi connectivity index (χ3v) is 2.35. The van der Waals surface area contributed by atoms with Crippen molar-refractivity contribution in [1.82, 2.24) is 5.32 Å². The van der Waals surface area contributed by atoms with Crippen molar-refractivity contribution >= 4 is 6.03 Å². The molecule has 0 atom stereocenters. The van der Waals surface area contributed by atoms with Crippen LogP contribution < -0.4 is 11.1 Å². The zero-order valence-corrected chi connectivity index (χ0v) is 7.10. The van der Waals surface area contributed by atoms with Crippen LogP contribution in [0.4, 0.5) is 4.79 Å². The minimum atomic E-state index is -0.519. The Bertz CT molecular complexity index is 211. The quantitative estimate of drug-likeness (QED) is 0.561. The summed E-state index contributed by atoms with van der Waals surface area (Å²) in [6.45, 7) is 0. The third-order valence-electron chi connectivity index (χ3n) is 2.35. The number of amides is 2. The van der Waals surface area contributed by atoms with Crippen molar-refractivity contribution in [2.75, 3.05) is 0 Å². The van der Waals surface area contributed by atoms with Gasteiger partial charge in [0.2, 0.25) is 0 Å². The van der Waals surface area contributed by atoms with E-state index >= 15 is 0 Å². The number of nitrogens with two attached hydrogens (primary N) is 1. The Balaban J connectivity index is 2.61. The molecule has 0 saturated heterocycles. The van der Waals surface area contributed by atoms with Gasteiger partial charge in [-0.2, -0.15) is 0 Å². The molecule has 3 nitrogen and oxygen atoms in total. The minimum absolute atomic E-state index is 0.454. The molecule has 3 heteroatoms. The average molecular weight is 166 g/mol. The molecule has 0 bridgehead atoms. The van der Waals surface area contributed by atoms with Crippen LogP contribution in [0.25, 0.3) is 0 Å². The molecular weight excluding hydrogens is 152 g/mol. The monoisotopic (exact) mass is 166 g/mol. The number of nitrogens with one attached hydrogen (secondary N) is 1. The lowest BCUT2D eigenvalue weighted by molar-refractivity contribution is 0.231. The van der Waals surface area contributed by atoms with E-state index < -0.39 is 11.6 Å². The Hall–Kier alpha value is -1.17. The first-order valence-electron chi connectivity index (χ1n) is 4.24. The number of terminal acetylenes is 1. The second-order valence-electron chi connectivity index (χ2n) is 3.28. The fraction of sp³-hybridized carbons (Fsp3) is 0.667. The molecule has 0 heterocycles. The number of carbonyl (C=O) groups is 1. The maximum atomic E-state index is 10.6. The lowest BCUT2D eigenvalue weighted by Crippen LogP contribution is -2.50. The highest BCUT2D eigenvalue weighted by molar-refractivity contribution is 5.73. The van der Waals surface area contributed by atoms with Crippen LogP contribution in [0.15, 0.2) is 0 Å². The summed E-state index contributed by atoms with van der Waals surface area (Å²) in [4.78, 5) is 10.6. The molecule has 1 saturated carbocycles. The van der Waals surface area contributed by atoms with Gasteiger partial charge in [-0.25, -0.2) is 4.79 Å². The highest BCUT2D eigenvalue weighted by Crippen LogP contribution is 2.27. The molecule has 1 aliphatic carbocycles. The Kier molecular flexibility index (Phi) is 2.59. The van der Waals surface area contributed by atoms with Crippen LogP contribution in [0.5, 0.6) is 0 Å². The molecule has 1 fully saturated rings. The smallest absolute Gasteiger partial charge is 0.313 e. The van der Waals surface area contributed by atoms with E-state index in [1.54, 1.807) is 0 Å². The van der Waals surface area contributed by atoms with Crippen LogP contribution in [0.2, 0.25) is 0 Å². The SMILES string of the molecule is C#CC1(NC(N)=O)CCCCC1. The molecule has 0 aromatic rings. The van der Waals surface area contributed by atoms with Gasteiger partial charge < -0.3 is 11.1 Å². The normalized spacial score (nSPS) is 20.9. The lowest BCUT2D eigenvalue weighted by atomic mass is 9.82. The number of carbonyl (C=O) groups excluding carboxylic acids is 1. The second kappa shape index (κ2) is 3.48. The minimum Gasteiger partial charge on any atom is -0.352 e. The van der Waals surface area contributed by atoms with Crippen molar-refractivity contribution in [3.8, 4) is 12.3 Å². The van der Waals surface area contributed by atoms with Gasteiger partial charge >= 0.3 is 6.03 Å². The summed E-state index contributed by atoms with van der Waals surface area (Å²) in [7, 11) is 0. The maximum absolute atomic E-state index is 10.6. The number of urea groups is 1.